The van der Waals surface area contributed by atoms with Gasteiger partial charge in [-0.2, -0.15) is 0 Å². The van der Waals surface area contributed by atoms with Crippen LogP contribution in [0.15, 0.2) is 73.3 Å². The van der Waals surface area contributed by atoms with Crippen molar-refractivity contribution in [2.45, 2.75) is 13.1 Å². The summed E-state index contributed by atoms with van der Waals surface area (Å²) >= 11 is 2.23. The number of hydrogen-bond acceptors (Lipinski definition) is 3. The molecule has 4 nitrogen and oxygen atoms in total. The van der Waals surface area contributed by atoms with E-state index in [0.717, 1.165) is 14.7 Å². The smallest absolute Gasteiger partial charge is 0.254 e. The van der Waals surface area contributed by atoms with Crippen molar-refractivity contribution >= 4 is 28.5 Å². The van der Waals surface area contributed by atoms with Gasteiger partial charge in [0.25, 0.3) is 5.91 Å². The van der Waals surface area contributed by atoms with Gasteiger partial charge in [0, 0.05) is 47.0 Å². The second-order valence-corrected chi connectivity index (χ2v) is 6.63. The highest BCUT2D eigenvalue weighted by atomic mass is 127. The van der Waals surface area contributed by atoms with Gasteiger partial charge in [0.05, 0.1) is 0 Å². The minimum atomic E-state index is 0.00654. The molecule has 1 amide bonds. The summed E-state index contributed by atoms with van der Waals surface area (Å²) in [4.78, 5) is 23.0. The molecular weight excluding hydrogens is 413 g/mol. The van der Waals surface area contributed by atoms with E-state index in [2.05, 4.69) is 32.6 Å². The van der Waals surface area contributed by atoms with Crippen LogP contribution < -0.4 is 0 Å². The monoisotopic (exact) mass is 429 g/mol. The maximum absolute atomic E-state index is 13.0. The lowest BCUT2D eigenvalue weighted by molar-refractivity contribution is 0.0730. The first kappa shape index (κ1) is 16.6. The van der Waals surface area contributed by atoms with Crippen molar-refractivity contribution in [2.24, 2.45) is 0 Å². The zero-order chi connectivity index (χ0) is 16.8. The first-order valence-corrected chi connectivity index (χ1v) is 8.63. The van der Waals surface area contributed by atoms with Crippen LogP contribution in [-0.2, 0) is 13.1 Å². The number of hydrogen-bond donors (Lipinski definition) is 0. The summed E-state index contributed by atoms with van der Waals surface area (Å²) in [6.45, 7) is 1.04. The zero-order valence-electron chi connectivity index (χ0n) is 13.0. The number of benzene rings is 1. The fourth-order valence-corrected chi connectivity index (χ4v) is 2.75. The summed E-state index contributed by atoms with van der Waals surface area (Å²) < 4.78 is 1.11. The second kappa shape index (κ2) is 8.01. The third-order valence-corrected chi connectivity index (χ3v) is 4.32. The van der Waals surface area contributed by atoms with Crippen molar-refractivity contribution in [1.29, 1.82) is 0 Å². The van der Waals surface area contributed by atoms with E-state index >= 15 is 0 Å². The maximum Gasteiger partial charge on any atom is 0.254 e. The molecule has 120 valence electrons. The van der Waals surface area contributed by atoms with Crippen molar-refractivity contribution in [3.63, 3.8) is 0 Å². The molecule has 0 saturated carbocycles. The van der Waals surface area contributed by atoms with Crippen LogP contribution in [0.4, 0.5) is 0 Å². The number of pyridine rings is 2. The van der Waals surface area contributed by atoms with E-state index in [1.54, 1.807) is 24.8 Å². The Labute approximate surface area is 154 Å². The van der Waals surface area contributed by atoms with Crippen LogP contribution in [0.5, 0.6) is 0 Å². The van der Waals surface area contributed by atoms with Crippen LogP contribution in [0.3, 0.4) is 0 Å². The van der Waals surface area contributed by atoms with Crippen molar-refractivity contribution < 1.29 is 4.79 Å². The molecule has 0 spiro atoms. The lowest BCUT2D eigenvalue weighted by Gasteiger charge is -2.23. The molecule has 0 aliphatic rings. The Bertz CT molecular complexity index is 750. The Morgan fingerprint density at radius 2 is 1.58 bits per heavy atom. The molecule has 3 aromatic rings. The van der Waals surface area contributed by atoms with Crippen LogP contribution in [-0.4, -0.2) is 20.8 Å². The Kier molecular flexibility index (Phi) is 5.53. The van der Waals surface area contributed by atoms with E-state index in [-0.39, 0.29) is 5.91 Å². The van der Waals surface area contributed by atoms with Gasteiger partial charge in [0.2, 0.25) is 0 Å². The van der Waals surface area contributed by atoms with Gasteiger partial charge in [-0.1, -0.05) is 6.07 Å². The minimum Gasteiger partial charge on any atom is -0.330 e. The van der Waals surface area contributed by atoms with Gasteiger partial charge in [-0.15, -0.1) is 0 Å². The Morgan fingerprint density at radius 3 is 2.25 bits per heavy atom. The van der Waals surface area contributed by atoms with E-state index < -0.39 is 0 Å². The van der Waals surface area contributed by atoms with E-state index in [1.165, 1.54) is 0 Å². The van der Waals surface area contributed by atoms with Crippen molar-refractivity contribution in [2.75, 3.05) is 0 Å². The molecule has 0 unspecified atom stereocenters. The SMILES string of the molecule is O=C(c1ccc(I)cc1)N(Cc1ccncc1)Cc1cccnc1. The van der Waals surface area contributed by atoms with Gasteiger partial charge in [-0.25, -0.2) is 0 Å². The first-order valence-electron chi connectivity index (χ1n) is 7.55. The molecule has 0 N–H and O–H groups in total. The van der Waals surface area contributed by atoms with Gasteiger partial charge in [0.15, 0.2) is 0 Å². The summed E-state index contributed by atoms with van der Waals surface area (Å²) in [7, 11) is 0. The Morgan fingerprint density at radius 1 is 0.875 bits per heavy atom. The summed E-state index contributed by atoms with van der Waals surface area (Å²) in [6.07, 6.45) is 7.01. The van der Waals surface area contributed by atoms with E-state index in [9.17, 15) is 4.79 Å². The number of aromatic nitrogens is 2. The average molecular weight is 429 g/mol. The molecule has 0 saturated heterocycles. The zero-order valence-corrected chi connectivity index (χ0v) is 15.1. The topological polar surface area (TPSA) is 46.1 Å². The molecule has 0 aliphatic heterocycles. The second-order valence-electron chi connectivity index (χ2n) is 5.38. The van der Waals surface area contributed by atoms with Gasteiger partial charge in [-0.3, -0.25) is 14.8 Å². The largest absolute Gasteiger partial charge is 0.330 e. The number of halogens is 1. The van der Waals surface area contributed by atoms with E-state index in [1.807, 2.05) is 53.4 Å². The molecule has 5 heteroatoms. The van der Waals surface area contributed by atoms with Gasteiger partial charge >= 0.3 is 0 Å². The molecule has 0 radical (unpaired) electrons. The lowest BCUT2D eigenvalue weighted by Crippen LogP contribution is -2.30. The average Bonchev–Trinajstić information content (AvgIpc) is 2.63. The van der Waals surface area contributed by atoms with Crippen LogP contribution >= 0.6 is 22.6 Å². The fraction of sp³-hybridized carbons (Fsp3) is 0.105. The number of carbonyl (C=O) groups excluding carboxylic acids is 1. The number of rotatable bonds is 5. The number of amides is 1. The highest BCUT2D eigenvalue weighted by Gasteiger charge is 2.16. The molecule has 0 fully saturated rings. The summed E-state index contributed by atoms with van der Waals surface area (Å²) in [6, 6.07) is 15.3. The molecule has 0 atom stereocenters. The van der Waals surface area contributed by atoms with E-state index in [0.29, 0.717) is 18.7 Å². The standard InChI is InChI=1S/C19H16IN3O/c20-18-5-3-17(4-6-18)19(24)23(13-15-7-10-21-11-8-15)14-16-2-1-9-22-12-16/h1-12H,13-14H2. The highest BCUT2D eigenvalue weighted by molar-refractivity contribution is 14.1. The molecule has 1 aromatic carbocycles. The third kappa shape index (κ3) is 4.38. The normalized spacial score (nSPS) is 10.4. The molecule has 0 bridgehead atoms. The molecule has 24 heavy (non-hydrogen) atoms. The van der Waals surface area contributed by atoms with Crippen molar-refractivity contribution in [3.8, 4) is 0 Å². The van der Waals surface area contributed by atoms with Gasteiger partial charge in [0.1, 0.15) is 0 Å². The van der Waals surface area contributed by atoms with Crippen LogP contribution in [0.25, 0.3) is 0 Å². The molecule has 2 aromatic heterocycles. The predicted octanol–water partition coefficient (Wildman–Crippen LogP) is 3.92. The molecular formula is C19H16IN3O. The number of carbonyl (C=O) groups is 1. The first-order chi connectivity index (χ1) is 11.7. The van der Waals surface area contributed by atoms with Crippen LogP contribution in [0.1, 0.15) is 21.5 Å². The maximum atomic E-state index is 13.0. The Hall–Kier alpha value is -2.28. The van der Waals surface area contributed by atoms with Crippen molar-refractivity contribution in [3.05, 3.63) is 93.6 Å². The van der Waals surface area contributed by atoms with Crippen LogP contribution in [0, 0.1) is 3.57 Å². The van der Waals surface area contributed by atoms with Gasteiger partial charge < -0.3 is 4.90 Å². The van der Waals surface area contributed by atoms with E-state index in [4.69, 9.17) is 0 Å². The summed E-state index contributed by atoms with van der Waals surface area (Å²) in [5.41, 5.74) is 2.74. The molecule has 0 aliphatic carbocycles. The highest BCUT2D eigenvalue weighted by Crippen LogP contribution is 2.15. The summed E-state index contributed by atoms with van der Waals surface area (Å²) in [5, 5.41) is 0. The quantitative estimate of drug-likeness (QED) is 0.578. The predicted molar refractivity (Wildman–Crippen MR) is 101 cm³/mol. The minimum absolute atomic E-state index is 0.00654. The fourth-order valence-electron chi connectivity index (χ4n) is 2.40. The molecule has 2 heterocycles. The van der Waals surface area contributed by atoms with Crippen molar-refractivity contribution in [1.82, 2.24) is 14.9 Å². The third-order valence-electron chi connectivity index (χ3n) is 3.60. The number of nitrogens with zero attached hydrogens (tertiary/aromatic N) is 3. The van der Waals surface area contributed by atoms with Crippen LogP contribution in [0.2, 0.25) is 0 Å². The summed E-state index contributed by atoms with van der Waals surface area (Å²) in [5.74, 6) is 0.00654. The Balaban J connectivity index is 1.85. The van der Waals surface area contributed by atoms with Gasteiger partial charge in [-0.05, 0) is 76.2 Å². The lowest BCUT2D eigenvalue weighted by atomic mass is 10.1. The molecule has 3 rings (SSSR count).